The molecule has 2 aromatic rings. The molecule has 1 aliphatic rings. The Morgan fingerprint density at radius 2 is 1.67 bits per heavy atom. The fourth-order valence-electron chi connectivity index (χ4n) is 4.03. The normalized spacial score (nSPS) is 17.6. The summed E-state index contributed by atoms with van der Waals surface area (Å²) in [7, 11) is 3.01. The third-order valence-corrected chi connectivity index (χ3v) is 5.93. The average molecular weight is 457 g/mol. The minimum atomic E-state index is -0.828. The first kappa shape index (κ1) is 24.3. The van der Waals surface area contributed by atoms with Crippen LogP contribution in [-0.4, -0.2) is 67.0 Å². The molecule has 1 unspecified atom stereocenters. The standard InChI is InChI=1S/C25H29FN2O5/c1-5-27(6-2)13-14-28-22(17-9-12-19(32-3)20(15-17)33-4)21(24(30)25(28)31)23(29)16-7-10-18(26)11-8-16/h7-12,15,22,29H,5-6,13-14H2,1-4H3/b23-21+. The zero-order chi connectivity index (χ0) is 24.1. The third kappa shape index (κ3) is 4.85. The van der Waals surface area contributed by atoms with E-state index in [1.54, 1.807) is 18.2 Å². The Balaban J connectivity index is 2.14. The molecule has 1 N–H and O–H groups in total. The summed E-state index contributed by atoms with van der Waals surface area (Å²) >= 11 is 0. The number of likely N-dealkylation sites (N-methyl/N-ethyl adjacent to an activating group) is 1. The van der Waals surface area contributed by atoms with E-state index in [-0.39, 0.29) is 16.9 Å². The second-order valence-electron chi connectivity index (χ2n) is 7.64. The van der Waals surface area contributed by atoms with E-state index in [0.29, 0.717) is 30.2 Å². The summed E-state index contributed by atoms with van der Waals surface area (Å²) in [5.74, 6) is -1.35. The van der Waals surface area contributed by atoms with E-state index >= 15 is 0 Å². The second-order valence-corrected chi connectivity index (χ2v) is 7.64. The number of likely N-dealkylation sites (tertiary alicyclic amines) is 1. The molecule has 176 valence electrons. The number of rotatable bonds is 9. The highest BCUT2D eigenvalue weighted by molar-refractivity contribution is 6.46. The molecule has 0 spiro atoms. The van der Waals surface area contributed by atoms with Crippen LogP contribution < -0.4 is 9.47 Å². The molecule has 1 atom stereocenters. The van der Waals surface area contributed by atoms with Crippen molar-refractivity contribution < 1.29 is 28.6 Å². The number of methoxy groups -OCH3 is 2. The molecule has 3 rings (SSSR count). The molecule has 8 heteroatoms. The van der Waals surface area contributed by atoms with Gasteiger partial charge in [0.15, 0.2) is 11.5 Å². The minimum Gasteiger partial charge on any atom is -0.507 e. The lowest BCUT2D eigenvalue weighted by Crippen LogP contribution is -2.38. The van der Waals surface area contributed by atoms with Crippen molar-refractivity contribution in [3.8, 4) is 11.5 Å². The summed E-state index contributed by atoms with van der Waals surface area (Å²) < 4.78 is 24.1. The maximum absolute atomic E-state index is 13.4. The van der Waals surface area contributed by atoms with Gasteiger partial charge in [-0.25, -0.2) is 4.39 Å². The topological polar surface area (TPSA) is 79.3 Å². The highest BCUT2D eigenvalue weighted by Gasteiger charge is 2.46. The van der Waals surface area contributed by atoms with Crippen molar-refractivity contribution in [1.82, 2.24) is 9.80 Å². The Morgan fingerprint density at radius 1 is 1.03 bits per heavy atom. The number of carbonyl (C=O) groups excluding carboxylic acids is 2. The molecule has 2 aromatic carbocycles. The quantitative estimate of drug-likeness (QED) is 0.353. The van der Waals surface area contributed by atoms with E-state index in [4.69, 9.17) is 9.47 Å². The van der Waals surface area contributed by atoms with Gasteiger partial charge in [-0.15, -0.1) is 0 Å². The van der Waals surface area contributed by atoms with Crippen molar-refractivity contribution in [3.05, 3.63) is 65.0 Å². The lowest BCUT2D eigenvalue weighted by Gasteiger charge is -2.28. The number of hydrogen-bond acceptors (Lipinski definition) is 6. The summed E-state index contributed by atoms with van der Waals surface area (Å²) in [6, 6.07) is 9.42. The summed E-state index contributed by atoms with van der Waals surface area (Å²) in [6.45, 7) is 6.52. The fourth-order valence-corrected chi connectivity index (χ4v) is 4.03. The van der Waals surface area contributed by atoms with Crippen LogP contribution in [0.15, 0.2) is 48.0 Å². The molecule has 1 fully saturated rings. The van der Waals surface area contributed by atoms with Crippen LogP contribution in [0.2, 0.25) is 0 Å². The van der Waals surface area contributed by atoms with Gasteiger partial charge < -0.3 is 24.4 Å². The number of ketones is 1. The molecule has 1 heterocycles. The Bertz CT molecular complexity index is 1050. The number of aliphatic hydroxyl groups excluding tert-OH is 1. The van der Waals surface area contributed by atoms with Crippen LogP contribution >= 0.6 is 0 Å². The number of benzene rings is 2. The van der Waals surface area contributed by atoms with Gasteiger partial charge in [-0.1, -0.05) is 19.9 Å². The average Bonchev–Trinajstić information content (AvgIpc) is 3.09. The Morgan fingerprint density at radius 3 is 2.24 bits per heavy atom. The minimum absolute atomic E-state index is 0.0432. The smallest absolute Gasteiger partial charge is 0.295 e. The number of aliphatic hydroxyl groups is 1. The maximum Gasteiger partial charge on any atom is 0.295 e. The fraction of sp³-hybridized carbons (Fsp3) is 0.360. The number of carbonyl (C=O) groups is 2. The summed E-state index contributed by atoms with van der Waals surface area (Å²) in [6.07, 6.45) is 0. The van der Waals surface area contributed by atoms with Gasteiger partial charge in [0.2, 0.25) is 0 Å². The molecular weight excluding hydrogens is 427 g/mol. The van der Waals surface area contributed by atoms with Gasteiger partial charge in [0.05, 0.1) is 25.8 Å². The van der Waals surface area contributed by atoms with Crippen molar-refractivity contribution in [2.75, 3.05) is 40.4 Å². The van der Waals surface area contributed by atoms with E-state index in [9.17, 15) is 19.1 Å². The van der Waals surface area contributed by atoms with Crippen LogP contribution in [0.4, 0.5) is 4.39 Å². The molecule has 7 nitrogen and oxygen atoms in total. The van der Waals surface area contributed by atoms with E-state index in [2.05, 4.69) is 4.90 Å². The number of Topliss-reactive ketones (excluding diaryl/α,β-unsaturated/α-hetero) is 1. The first-order valence-electron chi connectivity index (χ1n) is 10.8. The molecule has 0 bridgehead atoms. The van der Waals surface area contributed by atoms with Crippen molar-refractivity contribution in [1.29, 1.82) is 0 Å². The number of nitrogens with zero attached hydrogens (tertiary/aromatic N) is 2. The van der Waals surface area contributed by atoms with Crippen molar-refractivity contribution in [3.63, 3.8) is 0 Å². The SMILES string of the molecule is CCN(CC)CCN1C(=O)C(=O)/C(=C(/O)c2ccc(F)cc2)C1c1ccc(OC)c(OC)c1. The highest BCUT2D eigenvalue weighted by atomic mass is 19.1. The second kappa shape index (κ2) is 10.5. The number of ether oxygens (including phenoxy) is 2. The van der Waals surface area contributed by atoms with Crippen LogP contribution in [0.25, 0.3) is 5.76 Å². The van der Waals surface area contributed by atoms with Gasteiger partial charge >= 0.3 is 0 Å². The third-order valence-electron chi connectivity index (χ3n) is 5.93. The van der Waals surface area contributed by atoms with Crippen molar-refractivity contribution >= 4 is 17.4 Å². The van der Waals surface area contributed by atoms with Crippen molar-refractivity contribution in [2.24, 2.45) is 0 Å². The zero-order valence-corrected chi connectivity index (χ0v) is 19.3. The van der Waals surface area contributed by atoms with Crippen LogP contribution in [-0.2, 0) is 9.59 Å². The van der Waals surface area contributed by atoms with Crippen LogP contribution in [0.5, 0.6) is 11.5 Å². The molecule has 0 radical (unpaired) electrons. The number of amides is 1. The van der Waals surface area contributed by atoms with Gasteiger partial charge in [-0.3, -0.25) is 9.59 Å². The van der Waals surface area contributed by atoms with Gasteiger partial charge in [-0.05, 0) is 55.1 Å². The predicted molar refractivity (Wildman–Crippen MR) is 123 cm³/mol. The number of hydrogen-bond donors (Lipinski definition) is 1. The Kier molecular flexibility index (Phi) is 7.71. The lowest BCUT2D eigenvalue weighted by atomic mass is 9.95. The zero-order valence-electron chi connectivity index (χ0n) is 19.3. The molecule has 0 saturated carbocycles. The van der Waals surface area contributed by atoms with Crippen molar-refractivity contribution in [2.45, 2.75) is 19.9 Å². The van der Waals surface area contributed by atoms with E-state index in [1.807, 2.05) is 13.8 Å². The summed E-state index contributed by atoms with van der Waals surface area (Å²) in [5.41, 5.74) is 0.803. The maximum atomic E-state index is 13.4. The first-order chi connectivity index (χ1) is 15.9. The van der Waals surface area contributed by atoms with Gasteiger partial charge in [0.25, 0.3) is 11.7 Å². The Hall–Kier alpha value is -3.39. The number of halogens is 1. The molecule has 1 amide bonds. The molecule has 1 aliphatic heterocycles. The largest absolute Gasteiger partial charge is 0.507 e. The summed E-state index contributed by atoms with van der Waals surface area (Å²) in [4.78, 5) is 29.8. The Labute approximate surface area is 193 Å². The molecular formula is C25H29FN2O5. The molecule has 0 aromatic heterocycles. The van der Waals surface area contributed by atoms with Crippen LogP contribution in [0.1, 0.15) is 31.0 Å². The van der Waals surface area contributed by atoms with Gasteiger partial charge in [-0.2, -0.15) is 0 Å². The molecule has 0 aliphatic carbocycles. The van der Waals surface area contributed by atoms with E-state index < -0.39 is 23.5 Å². The molecule has 1 saturated heterocycles. The van der Waals surface area contributed by atoms with Crippen LogP contribution in [0, 0.1) is 5.82 Å². The van der Waals surface area contributed by atoms with Gasteiger partial charge in [0.1, 0.15) is 11.6 Å². The highest BCUT2D eigenvalue weighted by Crippen LogP contribution is 2.41. The monoisotopic (exact) mass is 456 g/mol. The van der Waals surface area contributed by atoms with E-state index in [0.717, 1.165) is 13.1 Å². The molecule has 33 heavy (non-hydrogen) atoms. The lowest BCUT2D eigenvalue weighted by molar-refractivity contribution is -0.140. The van der Waals surface area contributed by atoms with Gasteiger partial charge in [0, 0.05) is 18.7 Å². The summed E-state index contributed by atoms with van der Waals surface area (Å²) in [5, 5.41) is 11.0. The van der Waals surface area contributed by atoms with E-state index in [1.165, 1.54) is 43.4 Å². The predicted octanol–water partition coefficient (Wildman–Crippen LogP) is 3.61. The first-order valence-corrected chi connectivity index (χ1v) is 10.8. The van der Waals surface area contributed by atoms with Crippen LogP contribution in [0.3, 0.4) is 0 Å².